The normalized spacial score (nSPS) is 31.0. The fourth-order valence-electron chi connectivity index (χ4n) is 2.66. The Kier molecular flexibility index (Phi) is 4.28. The molecule has 0 aliphatic heterocycles. The summed E-state index contributed by atoms with van der Waals surface area (Å²) in [6, 6.07) is 0. The number of aliphatic carboxylic acids is 1. The molecule has 0 aromatic carbocycles. The van der Waals surface area contributed by atoms with E-state index in [0.717, 1.165) is 12.8 Å². The molecular formula is C12H20F2O2. The van der Waals surface area contributed by atoms with E-state index < -0.39 is 24.2 Å². The van der Waals surface area contributed by atoms with Crippen molar-refractivity contribution in [3.8, 4) is 0 Å². The van der Waals surface area contributed by atoms with Crippen LogP contribution in [0.2, 0.25) is 0 Å². The highest BCUT2D eigenvalue weighted by Crippen LogP contribution is 2.45. The van der Waals surface area contributed by atoms with Gasteiger partial charge in [0, 0.05) is 6.42 Å². The second-order valence-corrected chi connectivity index (χ2v) is 5.26. The SMILES string of the molecule is CC(C)C1CCC(CC(F)F)(C(=O)O)CC1. The van der Waals surface area contributed by atoms with Crippen LogP contribution in [0.4, 0.5) is 8.78 Å². The smallest absolute Gasteiger partial charge is 0.309 e. The summed E-state index contributed by atoms with van der Waals surface area (Å²) in [6.07, 6.45) is -0.697. The van der Waals surface area contributed by atoms with E-state index in [1.165, 1.54) is 0 Å². The first kappa shape index (κ1) is 13.4. The maximum absolute atomic E-state index is 12.4. The first-order valence-corrected chi connectivity index (χ1v) is 5.89. The molecule has 0 saturated heterocycles. The number of rotatable bonds is 4. The van der Waals surface area contributed by atoms with Crippen LogP contribution in [0.5, 0.6) is 0 Å². The van der Waals surface area contributed by atoms with Gasteiger partial charge >= 0.3 is 5.97 Å². The summed E-state index contributed by atoms with van der Waals surface area (Å²) in [5, 5.41) is 9.13. The van der Waals surface area contributed by atoms with E-state index in [0.29, 0.717) is 24.7 Å². The molecule has 0 radical (unpaired) electrons. The minimum Gasteiger partial charge on any atom is -0.481 e. The fraction of sp³-hybridized carbons (Fsp3) is 0.917. The van der Waals surface area contributed by atoms with Crippen LogP contribution in [0.25, 0.3) is 0 Å². The fourth-order valence-corrected chi connectivity index (χ4v) is 2.66. The molecule has 1 N–H and O–H groups in total. The van der Waals surface area contributed by atoms with Crippen molar-refractivity contribution in [2.45, 2.75) is 52.4 Å². The Balaban J connectivity index is 2.66. The van der Waals surface area contributed by atoms with Crippen LogP contribution in [0.1, 0.15) is 46.0 Å². The van der Waals surface area contributed by atoms with Crippen LogP contribution in [0.3, 0.4) is 0 Å². The largest absolute Gasteiger partial charge is 0.481 e. The van der Waals surface area contributed by atoms with Gasteiger partial charge in [-0.15, -0.1) is 0 Å². The first-order chi connectivity index (χ1) is 7.37. The summed E-state index contributed by atoms with van der Waals surface area (Å²) in [6.45, 7) is 4.21. The van der Waals surface area contributed by atoms with Crippen LogP contribution in [-0.2, 0) is 4.79 Å². The summed E-state index contributed by atoms with van der Waals surface area (Å²) in [5.74, 6) is -0.0431. The molecular weight excluding hydrogens is 214 g/mol. The zero-order valence-corrected chi connectivity index (χ0v) is 9.88. The number of carboxylic acids is 1. The molecule has 0 atom stereocenters. The van der Waals surface area contributed by atoms with Crippen LogP contribution >= 0.6 is 0 Å². The molecule has 1 aliphatic rings. The Morgan fingerprint density at radius 2 is 1.88 bits per heavy atom. The molecule has 2 nitrogen and oxygen atoms in total. The third kappa shape index (κ3) is 2.92. The Labute approximate surface area is 95.0 Å². The van der Waals surface area contributed by atoms with Crippen molar-refractivity contribution in [3.63, 3.8) is 0 Å². The van der Waals surface area contributed by atoms with Gasteiger partial charge in [0.15, 0.2) is 0 Å². The molecule has 1 rings (SSSR count). The van der Waals surface area contributed by atoms with Gasteiger partial charge in [-0.2, -0.15) is 0 Å². The lowest BCUT2D eigenvalue weighted by atomic mass is 9.66. The minimum absolute atomic E-state index is 0.398. The van der Waals surface area contributed by atoms with Gasteiger partial charge in [0.1, 0.15) is 0 Å². The van der Waals surface area contributed by atoms with Gasteiger partial charge < -0.3 is 5.11 Å². The van der Waals surface area contributed by atoms with Gasteiger partial charge in [-0.1, -0.05) is 13.8 Å². The van der Waals surface area contributed by atoms with Crippen LogP contribution in [0.15, 0.2) is 0 Å². The molecule has 1 saturated carbocycles. The van der Waals surface area contributed by atoms with Crippen molar-refractivity contribution in [3.05, 3.63) is 0 Å². The molecule has 16 heavy (non-hydrogen) atoms. The van der Waals surface area contributed by atoms with Crippen molar-refractivity contribution < 1.29 is 18.7 Å². The minimum atomic E-state index is -2.52. The Morgan fingerprint density at radius 1 is 1.38 bits per heavy atom. The zero-order valence-electron chi connectivity index (χ0n) is 9.88. The van der Waals surface area contributed by atoms with Gasteiger partial charge in [-0.25, -0.2) is 8.78 Å². The lowest BCUT2D eigenvalue weighted by Gasteiger charge is -2.38. The first-order valence-electron chi connectivity index (χ1n) is 5.89. The lowest BCUT2D eigenvalue weighted by Crippen LogP contribution is -2.38. The number of hydrogen-bond acceptors (Lipinski definition) is 1. The van der Waals surface area contributed by atoms with Gasteiger partial charge in [0.05, 0.1) is 5.41 Å². The highest BCUT2D eigenvalue weighted by Gasteiger charge is 2.44. The average Bonchev–Trinajstić information content (AvgIpc) is 2.17. The van der Waals surface area contributed by atoms with E-state index >= 15 is 0 Å². The van der Waals surface area contributed by atoms with Gasteiger partial charge in [-0.3, -0.25) is 4.79 Å². The van der Waals surface area contributed by atoms with E-state index in [2.05, 4.69) is 13.8 Å². The molecule has 0 heterocycles. The molecule has 0 unspecified atom stereocenters. The maximum Gasteiger partial charge on any atom is 0.309 e. The third-order valence-corrected chi connectivity index (χ3v) is 3.93. The van der Waals surface area contributed by atoms with Crippen LogP contribution in [-0.4, -0.2) is 17.5 Å². The van der Waals surface area contributed by atoms with Crippen molar-refractivity contribution in [2.24, 2.45) is 17.3 Å². The van der Waals surface area contributed by atoms with E-state index in [4.69, 9.17) is 5.11 Å². The Morgan fingerprint density at radius 3 is 2.19 bits per heavy atom. The standard InChI is InChI=1S/C12H20F2O2/c1-8(2)9-3-5-12(6-4-9,11(15)16)7-10(13)14/h8-10H,3-7H2,1-2H3,(H,15,16). The number of halogens is 2. The number of alkyl halides is 2. The molecule has 1 aliphatic carbocycles. The second-order valence-electron chi connectivity index (χ2n) is 5.26. The van der Waals surface area contributed by atoms with E-state index in [1.54, 1.807) is 0 Å². The molecule has 0 amide bonds. The predicted molar refractivity (Wildman–Crippen MR) is 57.5 cm³/mol. The molecule has 4 heteroatoms. The summed E-state index contributed by atoms with van der Waals surface area (Å²) >= 11 is 0. The van der Waals surface area contributed by atoms with E-state index in [9.17, 15) is 13.6 Å². The molecule has 1 fully saturated rings. The van der Waals surface area contributed by atoms with Crippen LogP contribution < -0.4 is 0 Å². The van der Waals surface area contributed by atoms with Crippen molar-refractivity contribution in [2.75, 3.05) is 0 Å². The zero-order chi connectivity index (χ0) is 12.3. The topological polar surface area (TPSA) is 37.3 Å². The van der Waals surface area contributed by atoms with Crippen molar-refractivity contribution in [1.82, 2.24) is 0 Å². The molecule has 94 valence electrons. The third-order valence-electron chi connectivity index (χ3n) is 3.93. The summed E-state index contributed by atoms with van der Waals surface area (Å²) in [7, 11) is 0. The quantitative estimate of drug-likeness (QED) is 0.807. The maximum atomic E-state index is 12.4. The molecule has 0 bridgehead atoms. The average molecular weight is 234 g/mol. The van der Waals surface area contributed by atoms with Crippen molar-refractivity contribution in [1.29, 1.82) is 0 Å². The Bertz CT molecular complexity index is 243. The van der Waals surface area contributed by atoms with Crippen LogP contribution in [0, 0.1) is 17.3 Å². The summed E-state index contributed by atoms with van der Waals surface area (Å²) < 4.78 is 24.8. The summed E-state index contributed by atoms with van der Waals surface area (Å²) in [4.78, 5) is 11.2. The highest BCUT2D eigenvalue weighted by atomic mass is 19.3. The Hall–Kier alpha value is -0.670. The number of hydrogen-bond donors (Lipinski definition) is 1. The molecule has 0 aromatic heterocycles. The van der Waals surface area contributed by atoms with Crippen molar-refractivity contribution >= 4 is 5.97 Å². The second kappa shape index (κ2) is 5.11. The molecule has 0 spiro atoms. The number of carboxylic acid groups (broad SMARTS) is 1. The monoisotopic (exact) mass is 234 g/mol. The summed E-state index contributed by atoms with van der Waals surface area (Å²) in [5.41, 5.74) is -1.17. The highest BCUT2D eigenvalue weighted by molar-refractivity contribution is 5.74. The van der Waals surface area contributed by atoms with E-state index in [-0.39, 0.29) is 0 Å². The predicted octanol–water partition coefficient (Wildman–Crippen LogP) is 3.56. The van der Waals surface area contributed by atoms with Gasteiger partial charge in [-0.05, 0) is 37.5 Å². The van der Waals surface area contributed by atoms with E-state index in [1.807, 2.05) is 0 Å². The lowest BCUT2D eigenvalue weighted by molar-refractivity contribution is -0.155. The van der Waals surface area contributed by atoms with Gasteiger partial charge in [0.2, 0.25) is 6.43 Å². The molecule has 0 aromatic rings. The number of carbonyl (C=O) groups is 1. The van der Waals surface area contributed by atoms with Gasteiger partial charge in [0.25, 0.3) is 0 Å².